The van der Waals surface area contributed by atoms with Gasteiger partial charge < -0.3 is 9.84 Å². The Balaban J connectivity index is 2.31. The second kappa shape index (κ2) is 5.54. The number of rotatable bonds is 4. The van der Waals surface area contributed by atoms with Crippen molar-refractivity contribution in [1.82, 2.24) is 0 Å². The molecule has 0 bridgehead atoms. The minimum absolute atomic E-state index is 0.198. The van der Waals surface area contributed by atoms with Gasteiger partial charge in [0.15, 0.2) is 0 Å². The van der Waals surface area contributed by atoms with Crippen LogP contribution in [0, 0.1) is 0 Å². The highest BCUT2D eigenvalue weighted by atomic mass is 32.2. The van der Waals surface area contributed by atoms with Crippen LogP contribution in [-0.2, 0) is 9.53 Å². The van der Waals surface area contributed by atoms with Gasteiger partial charge in [0.1, 0.15) is 5.75 Å². The summed E-state index contributed by atoms with van der Waals surface area (Å²) in [5, 5.41) is 9.03. The van der Waals surface area contributed by atoms with E-state index >= 15 is 0 Å². The van der Waals surface area contributed by atoms with E-state index in [1.54, 1.807) is 23.9 Å². The fourth-order valence-electron chi connectivity index (χ4n) is 0.897. The molecule has 0 unspecified atom stereocenters. The molecular formula is C10H12O3S. The number of phenolic OH excluding ortho intramolecular Hbond substituents is 1. The molecule has 1 rings (SSSR count). The maximum atomic E-state index is 10.8. The van der Waals surface area contributed by atoms with Crippen LogP contribution in [0.5, 0.6) is 5.75 Å². The SMILES string of the molecule is COC(=O)CCSc1ccc(O)cc1. The zero-order chi connectivity index (χ0) is 10.4. The molecule has 0 heterocycles. The third-order valence-corrected chi connectivity index (χ3v) is 2.65. The van der Waals surface area contributed by atoms with Gasteiger partial charge in [-0.2, -0.15) is 0 Å². The molecule has 0 saturated heterocycles. The highest BCUT2D eigenvalue weighted by molar-refractivity contribution is 7.99. The molecule has 0 radical (unpaired) electrons. The van der Waals surface area contributed by atoms with Gasteiger partial charge in [0.2, 0.25) is 0 Å². The van der Waals surface area contributed by atoms with Gasteiger partial charge in [0, 0.05) is 10.6 Å². The van der Waals surface area contributed by atoms with Crippen LogP contribution in [0.15, 0.2) is 29.2 Å². The summed E-state index contributed by atoms with van der Waals surface area (Å²) in [4.78, 5) is 11.8. The molecule has 0 aliphatic rings. The molecule has 0 amide bonds. The summed E-state index contributed by atoms with van der Waals surface area (Å²) in [5.41, 5.74) is 0. The van der Waals surface area contributed by atoms with E-state index < -0.39 is 0 Å². The van der Waals surface area contributed by atoms with Crippen molar-refractivity contribution in [3.8, 4) is 5.75 Å². The summed E-state index contributed by atoms with van der Waals surface area (Å²) in [6.45, 7) is 0. The molecule has 0 aromatic heterocycles. The lowest BCUT2D eigenvalue weighted by Gasteiger charge is -2.00. The second-order valence-electron chi connectivity index (χ2n) is 2.67. The number of ether oxygens (including phenoxy) is 1. The van der Waals surface area contributed by atoms with Gasteiger partial charge in [-0.1, -0.05) is 0 Å². The van der Waals surface area contributed by atoms with Crippen molar-refractivity contribution in [1.29, 1.82) is 0 Å². The Bertz CT molecular complexity index is 295. The molecule has 14 heavy (non-hydrogen) atoms. The molecule has 0 spiro atoms. The van der Waals surface area contributed by atoms with E-state index in [0.29, 0.717) is 12.2 Å². The minimum atomic E-state index is -0.198. The molecule has 0 aliphatic heterocycles. The molecule has 3 nitrogen and oxygen atoms in total. The molecule has 1 aromatic rings. The molecule has 0 atom stereocenters. The van der Waals surface area contributed by atoms with Crippen LogP contribution >= 0.6 is 11.8 Å². The van der Waals surface area contributed by atoms with E-state index in [9.17, 15) is 4.79 Å². The second-order valence-corrected chi connectivity index (χ2v) is 3.84. The number of thioether (sulfide) groups is 1. The molecule has 0 saturated carbocycles. The van der Waals surface area contributed by atoms with Crippen molar-refractivity contribution in [3.05, 3.63) is 24.3 Å². The van der Waals surface area contributed by atoms with Crippen molar-refractivity contribution in [3.63, 3.8) is 0 Å². The van der Waals surface area contributed by atoms with Crippen molar-refractivity contribution < 1.29 is 14.6 Å². The van der Waals surface area contributed by atoms with E-state index in [4.69, 9.17) is 5.11 Å². The molecule has 76 valence electrons. The Labute approximate surface area is 87.1 Å². The lowest BCUT2D eigenvalue weighted by atomic mass is 10.3. The number of phenols is 1. The highest BCUT2D eigenvalue weighted by Gasteiger charge is 2.00. The van der Waals surface area contributed by atoms with Crippen LogP contribution in [0.3, 0.4) is 0 Å². The van der Waals surface area contributed by atoms with Crippen LogP contribution in [0.2, 0.25) is 0 Å². The first kappa shape index (κ1) is 10.9. The zero-order valence-electron chi connectivity index (χ0n) is 7.90. The molecule has 1 aromatic carbocycles. The number of carbonyl (C=O) groups is 1. The van der Waals surface area contributed by atoms with Crippen LogP contribution in [0.1, 0.15) is 6.42 Å². The number of aromatic hydroxyl groups is 1. The first-order chi connectivity index (χ1) is 6.72. The van der Waals surface area contributed by atoms with Gasteiger partial charge in [-0.15, -0.1) is 11.8 Å². The van der Waals surface area contributed by atoms with Gasteiger partial charge in [-0.25, -0.2) is 0 Å². The zero-order valence-corrected chi connectivity index (χ0v) is 8.71. The Morgan fingerprint density at radius 3 is 2.64 bits per heavy atom. The van der Waals surface area contributed by atoms with Gasteiger partial charge in [-0.3, -0.25) is 4.79 Å². The molecule has 4 heteroatoms. The minimum Gasteiger partial charge on any atom is -0.508 e. The molecule has 0 fully saturated rings. The van der Waals surface area contributed by atoms with E-state index in [1.807, 2.05) is 12.1 Å². The molecule has 0 aliphatic carbocycles. The summed E-state index contributed by atoms with van der Waals surface area (Å²) < 4.78 is 4.51. The fourth-order valence-corrected chi connectivity index (χ4v) is 1.73. The average molecular weight is 212 g/mol. The Hall–Kier alpha value is -1.16. The first-order valence-electron chi connectivity index (χ1n) is 4.21. The molecular weight excluding hydrogens is 200 g/mol. The first-order valence-corrected chi connectivity index (χ1v) is 5.19. The maximum Gasteiger partial charge on any atom is 0.306 e. The van der Waals surface area contributed by atoms with Gasteiger partial charge in [0.05, 0.1) is 13.5 Å². The van der Waals surface area contributed by atoms with Crippen molar-refractivity contribution in [2.75, 3.05) is 12.9 Å². The number of hydrogen-bond donors (Lipinski definition) is 1. The van der Waals surface area contributed by atoms with Crippen LogP contribution in [0.4, 0.5) is 0 Å². The Morgan fingerprint density at radius 2 is 2.07 bits per heavy atom. The van der Waals surface area contributed by atoms with Crippen LogP contribution in [-0.4, -0.2) is 23.9 Å². The predicted octanol–water partition coefficient (Wildman–Crippen LogP) is 2.05. The molecule has 1 N–H and O–H groups in total. The number of carbonyl (C=O) groups excluding carboxylic acids is 1. The van der Waals surface area contributed by atoms with Crippen molar-refractivity contribution in [2.24, 2.45) is 0 Å². The van der Waals surface area contributed by atoms with E-state index in [1.165, 1.54) is 7.11 Å². The topological polar surface area (TPSA) is 46.5 Å². The Morgan fingerprint density at radius 1 is 1.43 bits per heavy atom. The maximum absolute atomic E-state index is 10.8. The summed E-state index contributed by atoms with van der Waals surface area (Å²) in [6.07, 6.45) is 0.405. The van der Waals surface area contributed by atoms with Crippen molar-refractivity contribution in [2.45, 2.75) is 11.3 Å². The predicted molar refractivity (Wildman–Crippen MR) is 55.5 cm³/mol. The van der Waals surface area contributed by atoms with E-state index in [-0.39, 0.29) is 11.7 Å². The van der Waals surface area contributed by atoms with Gasteiger partial charge >= 0.3 is 5.97 Å². The largest absolute Gasteiger partial charge is 0.508 e. The van der Waals surface area contributed by atoms with E-state index in [2.05, 4.69) is 4.74 Å². The normalized spacial score (nSPS) is 9.79. The van der Waals surface area contributed by atoms with E-state index in [0.717, 1.165) is 4.90 Å². The lowest BCUT2D eigenvalue weighted by molar-refractivity contribution is -0.140. The summed E-state index contributed by atoms with van der Waals surface area (Å²) >= 11 is 1.56. The summed E-state index contributed by atoms with van der Waals surface area (Å²) in [5.74, 6) is 0.746. The van der Waals surface area contributed by atoms with Gasteiger partial charge in [-0.05, 0) is 24.3 Å². The number of hydrogen-bond acceptors (Lipinski definition) is 4. The van der Waals surface area contributed by atoms with Crippen molar-refractivity contribution >= 4 is 17.7 Å². The smallest absolute Gasteiger partial charge is 0.306 e. The monoisotopic (exact) mass is 212 g/mol. The quantitative estimate of drug-likeness (QED) is 0.613. The summed E-state index contributed by atoms with van der Waals surface area (Å²) in [6, 6.07) is 6.88. The number of esters is 1. The van der Waals surface area contributed by atoms with Crippen LogP contribution < -0.4 is 0 Å². The number of methoxy groups -OCH3 is 1. The van der Waals surface area contributed by atoms with Gasteiger partial charge in [0.25, 0.3) is 0 Å². The highest BCUT2D eigenvalue weighted by Crippen LogP contribution is 2.21. The third-order valence-electron chi connectivity index (χ3n) is 1.64. The summed E-state index contributed by atoms with van der Waals surface area (Å²) in [7, 11) is 1.38. The van der Waals surface area contributed by atoms with Crippen LogP contribution in [0.25, 0.3) is 0 Å². The lowest BCUT2D eigenvalue weighted by Crippen LogP contribution is -2.00. The average Bonchev–Trinajstić information content (AvgIpc) is 2.21. The number of benzene rings is 1. The fraction of sp³-hybridized carbons (Fsp3) is 0.300. The standard InChI is InChI=1S/C10H12O3S/c1-13-10(12)6-7-14-9-4-2-8(11)3-5-9/h2-5,11H,6-7H2,1H3. The third kappa shape index (κ3) is 3.70. The Kier molecular flexibility index (Phi) is 4.32.